The number of hydrogen-bond donors (Lipinski definition) is 0. The van der Waals surface area contributed by atoms with E-state index in [0.29, 0.717) is 11.3 Å². The summed E-state index contributed by atoms with van der Waals surface area (Å²) in [5, 5.41) is 0.209. The zero-order valence-electron chi connectivity index (χ0n) is 11.5. The molecule has 0 bridgehead atoms. The molecular weight excluding hydrogens is 260 g/mol. The van der Waals surface area contributed by atoms with Crippen molar-refractivity contribution in [2.45, 2.75) is 37.9 Å². The highest BCUT2D eigenvalue weighted by atomic mass is 32.2. The van der Waals surface area contributed by atoms with Gasteiger partial charge >= 0.3 is 0 Å². The molecule has 0 spiro atoms. The van der Waals surface area contributed by atoms with Gasteiger partial charge in [-0.2, -0.15) is 0 Å². The number of carbonyl (C=O) groups is 1. The highest BCUT2D eigenvalue weighted by Gasteiger charge is 2.24. The summed E-state index contributed by atoms with van der Waals surface area (Å²) in [6, 6.07) is 5.49. The van der Waals surface area contributed by atoms with Crippen molar-refractivity contribution < 1.29 is 13.7 Å². The van der Waals surface area contributed by atoms with Crippen molar-refractivity contribution in [2.24, 2.45) is 0 Å². The minimum absolute atomic E-state index is 0.0814. The smallest absolute Gasteiger partial charge is 0.179 e. The van der Waals surface area contributed by atoms with E-state index in [1.165, 1.54) is 0 Å². The van der Waals surface area contributed by atoms with Gasteiger partial charge in [0.25, 0.3) is 0 Å². The number of carbonyl (C=O) groups excluding carboxylic acids is 1. The molecule has 2 rings (SSSR count). The van der Waals surface area contributed by atoms with Crippen LogP contribution < -0.4 is 4.74 Å². The Morgan fingerprint density at radius 1 is 1.37 bits per heavy atom. The van der Waals surface area contributed by atoms with E-state index in [0.717, 1.165) is 31.2 Å². The van der Waals surface area contributed by atoms with Crippen molar-refractivity contribution in [1.82, 2.24) is 0 Å². The first-order chi connectivity index (χ1) is 9.11. The van der Waals surface area contributed by atoms with Crippen LogP contribution in [-0.2, 0) is 10.8 Å². The Balaban J connectivity index is 2.09. The van der Waals surface area contributed by atoms with Gasteiger partial charge in [-0.05, 0) is 37.5 Å². The van der Waals surface area contributed by atoms with Gasteiger partial charge in [0, 0.05) is 16.0 Å². The second kappa shape index (κ2) is 6.33. The molecule has 0 saturated heterocycles. The first-order valence-electron chi connectivity index (χ1n) is 6.67. The molecule has 0 amide bonds. The van der Waals surface area contributed by atoms with Crippen LogP contribution in [0, 0.1) is 6.92 Å². The molecule has 1 saturated carbocycles. The Morgan fingerprint density at radius 2 is 2.05 bits per heavy atom. The highest BCUT2D eigenvalue weighted by molar-refractivity contribution is 7.86. The molecule has 1 fully saturated rings. The summed E-state index contributed by atoms with van der Waals surface area (Å²) < 4.78 is 17.4. The van der Waals surface area contributed by atoms with Gasteiger partial charge in [0.1, 0.15) is 5.75 Å². The number of ether oxygens (including phenoxy) is 1. The molecule has 0 N–H and O–H groups in total. The third kappa shape index (κ3) is 3.44. The van der Waals surface area contributed by atoms with E-state index in [1.807, 2.05) is 19.1 Å². The number of rotatable bonds is 5. The van der Waals surface area contributed by atoms with Gasteiger partial charge in [0.05, 0.1) is 18.4 Å². The Labute approximate surface area is 116 Å². The van der Waals surface area contributed by atoms with Crippen LogP contribution in [0.4, 0.5) is 0 Å². The Bertz CT molecular complexity index is 490. The zero-order chi connectivity index (χ0) is 13.8. The molecule has 0 heterocycles. The predicted molar refractivity (Wildman–Crippen MR) is 77.3 cm³/mol. The Morgan fingerprint density at radius 3 is 2.68 bits per heavy atom. The maximum Gasteiger partial charge on any atom is 0.179 e. The average molecular weight is 280 g/mol. The lowest BCUT2D eigenvalue weighted by atomic mass is 10.1. The van der Waals surface area contributed by atoms with Gasteiger partial charge in [0.2, 0.25) is 0 Å². The zero-order valence-corrected chi connectivity index (χ0v) is 12.3. The van der Waals surface area contributed by atoms with Crippen molar-refractivity contribution in [2.75, 3.05) is 12.9 Å². The number of aryl methyl sites for hydroxylation is 1. The fourth-order valence-corrected chi connectivity index (χ4v) is 4.01. The van der Waals surface area contributed by atoms with E-state index in [1.54, 1.807) is 13.2 Å². The van der Waals surface area contributed by atoms with Crippen LogP contribution in [0.5, 0.6) is 5.75 Å². The molecule has 19 heavy (non-hydrogen) atoms. The molecule has 0 aliphatic heterocycles. The number of hydrogen-bond acceptors (Lipinski definition) is 3. The second-order valence-electron chi connectivity index (χ2n) is 5.06. The Kier molecular flexibility index (Phi) is 4.75. The minimum Gasteiger partial charge on any atom is -0.496 e. The van der Waals surface area contributed by atoms with E-state index in [-0.39, 0.29) is 16.8 Å². The molecular formula is C15H20O3S. The predicted octanol–water partition coefficient (Wildman–Crippen LogP) is 2.88. The number of Topliss-reactive ketones (excluding diaryl/α,β-unsaturated/α-hetero) is 1. The molecule has 1 aromatic rings. The van der Waals surface area contributed by atoms with Crippen molar-refractivity contribution in [3.63, 3.8) is 0 Å². The van der Waals surface area contributed by atoms with Crippen molar-refractivity contribution >= 4 is 16.6 Å². The summed E-state index contributed by atoms with van der Waals surface area (Å²) in [6.45, 7) is 1.95. The van der Waals surface area contributed by atoms with Gasteiger partial charge in [0.15, 0.2) is 5.78 Å². The van der Waals surface area contributed by atoms with Gasteiger partial charge in [-0.15, -0.1) is 0 Å². The molecule has 1 unspecified atom stereocenters. The van der Waals surface area contributed by atoms with E-state index in [4.69, 9.17) is 4.74 Å². The first-order valence-corrected chi connectivity index (χ1v) is 8.05. The molecule has 3 nitrogen and oxygen atoms in total. The fourth-order valence-electron chi connectivity index (χ4n) is 2.50. The average Bonchev–Trinajstić information content (AvgIpc) is 2.92. The Hall–Kier alpha value is -1.16. The van der Waals surface area contributed by atoms with E-state index >= 15 is 0 Å². The van der Waals surface area contributed by atoms with E-state index < -0.39 is 10.8 Å². The third-order valence-corrected chi connectivity index (χ3v) is 5.37. The van der Waals surface area contributed by atoms with E-state index in [2.05, 4.69) is 0 Å². The molecule has 0 aromatic heterocycles. The molecule has 1 aromatic carbocycles. The molecule has 1 aliphatic rings. The van der Waals surface area contributed by atoms with Crippen LogP contribution in [-0.4, -0.2) is 28.1 Å². The summed E-state index contributed by atoms with van der Waals surface area (Å²) in [4.78, 5) is 12.2. The molecule has 0 radical (unpaired) electrons. The van der Waals surface area contributed by atoms with Crippen LogP contribution in [0.15, 0.2) is 18.2 Å². The lowest BCUT2D eigenvalue weighted by Gasteiger charge is -2.11. The van der Waals surface area contributed by atoms with E-state index in [9.17, 15) is 9.00 Å². The lowest BCUT2D eigenvalue weighted by Crippen LogP contribution is -2.20. The van der Waals surface area contributed by atoms with Crippen LogP contribution >= 0.6 is 0 Å². The topological polar surface area (TPSA) is 43.4 Å². The fraction of sp³-hybridized carbons (Fsp3) is 0.533. The van der Waals surface area contributed by atoms with Gasteiger partial charge in [-0.25, -0.2) is 0 Å². The summed E-state index contributed by atoms with van der Waals surface area (Å²) in [6.07, 6.45) is 4.26. The van der Waals surface area contributed by atoms with Crippen molar-refractivity contribution in [3.8, 4) is 5.75 Å². The van der Waals surface area contributed by atoms with Crippen LogP contribution in [0.25, 0.3) is 0 Å². The summed E-state index contributed by atoms with van der Waals surface area (Å²) in [5.74, 6) is 0.611. The number of methoxy groups -OCH3 is 1. The standard InChI is InChI=1S/C15H20O3S/c1-11-7-8-13(15(9-11)18-2)14(16)10-19(17)12-5-3-4-6-12/h7-9,12H,3-6,10H2,1-2H3. The van der Waals surface area contributed by atoms with Crippen LogP contribution in [0.3, 0.4) is 0 Å². The first kappa shape index (κ1) is 14.3. The normalized spacial score (nSPS) is 17.4. The van der Waals surface area contributed by atoms with Crippen LogP contribution in [0.2, 0.25) is 0 Å². The monoisotopic (exact) mass is 280 g/mol. The number of benzene rings is 1. The molecule has 4 heteroatoms. The number of ketones is 1. The van der Waals surface area contributed by atoms with Crippen molar-refractivity contribution in [1.29, 1.82) is 0 Å². The minimum atomic E-state index is -1.05. The third-order valence-electron chi connectivity index (χ3n) is 3.60. The molecule has 1 atom stereocenters. The SMILES string of the molecule is COc1cc(C)ccc1C(=O)CS(=O)C1CCCC1. The summed E-state index contributed by atoms with van der Waals surface area (Å²) in [5.41, 5.74) is 1.59. The summed E-state index contributed by atoms with van der Waals surface area (Å²) in [7, 11) is 0.508. The quantitative estimate of drug-likeness (QED) is 0.779. The van der Waals surface area contributed by atoms with Crippen LogP contribution in [0.1, 0.15) is 41.6 Å². The maximum absolute atomic E-state index is 12.2. The van der Waals surface area contributed by atoms with Gasteiger partial charge < -0.3 is 4.74 Å². The molecule has 104 valence electrons. The highest BCUT2D eigenvalue weighted by Crippen LogP contribution is 2.25. The summed E-state index contributed by atoms with van der Waals surface area (Å²) >= 11 is 0. The second-order valence-corrected chi connectivity index (χ2v) is 6.78. The maximum atomic E-state index is 12.2. The molecule has 1 aliphatic carbocycles. The van der Waals surface area contributed by atoms with Crippen molar-refractivity contribution in [3.05, 3.63) is 29.3 Å². The van der Waals surface area contributed by atoms with Gasteiger partial charge in [-0.3, -0.25) is 9.00 Å². The largest absolute Gasteiger partial charge is 0.496 e. The lowest BCUT2D eigenvalue weighted by molar-refractivity contribution is 0.101. The van der Waals surface area contributed by atoms with Gasteiger partial charge in [-0.1, -0.05) is 18.9 Å².